The zero-order chi connectivity index (χ0) is 30.1. The highest BCUT2D eigenvalue weighted by molar-refractivity contribution is 7.07. The summed E-state index contributed by atoms with van der Waals surface area (Å²) in [4.78, 5) is 31.9. The maximum absolute atomic E-state index is 14.0. The Labute approximate surface area is 248 Å². The predicted molar refractivity (Wildman–Crippen MR) is 165 cm³/mol. The lowest BCUT2D eigenvalue weighted by atomic mass is 9.97. The van der Waals surface area contributed by atoms with Crippen molar-refractivity contribution in [3.8, 4) is 17.2 Å². The van der Waals surface area contributed by atoms with E-state index in [4.69, 9.17) is 14.2 Å². The Morgan fingerprint density at radius 1 is 0.976 bits per heavy atom. The Hall–Kier alpha value is -4.37. The van der Waals surface area contributed by atoms with Gasteiger partial charge in [-0.05, 0) is 100 Å². The summed E-state index contributed by atoms with van der Waals surface area (Å²) in [6, 6.07) is 13.2. The van der Waals surface area contributed by atoms with Crippen LogP contribution in [0.5, 0.6) is 11.5 Å². The number of fused-ring (bicyclic) bond motifs is 1. The van der Waals surface area contributed by atoms with Gasteiger partial charge in [0.2, 0.25) is 0 Å². The van der Waals surface area contributed by atoms with Crippen molar-refractivity contribution in [2.75, 3.05) is 20.3 Å². The van der Waals surface area contributed by atoms with Crippen molar-refractivity contribution in [1.29, 1.82) is 0 Å². The summed E-state index contributed by atoms with van der Waals surface area (Å²) < 4.78 is 20.9. The molecule has 4 aromatic rings. The Morgan fingerprint density at radius 3 is 2.40 bits per heavy atom. The van der Waals surface area contributed by atoms with Crippen LogP contribution in [0.3, 0.4) is 0 Å². The molecule has 0 spiro atoms. The number of hydrogen-bond acceptors (Lipinski definition) is 7. The average molecular weight is 586 g/mol. The fourth-order valence-electron chi connectivity index (χ4n) is 5.32. The number of rotatable bonds is 8. The van der Waals surface area contributed by atoms with Gasteiger partial charge in [0.25, 0.3) is 5.56 Å². The van der Waals surface area contributed by atoms with Gasteiger partial charge in [0, 0.05) is 23.3 Å². The molecule has 0 N–H and O–H groups in total. The average Bonchev–Trinajstić information content (AvgIpc) is 3.44. The molecule has 5 rings (SSSR count). The molecule has 42 heavy (non-hydrogen) atoms. The number of esters is 1. The number of hydrogen-bond donors (Lipinski definition) is 0. The zero-order valence-corrected chi connectivity index (χ0v) is 25.8. The van der Waals surface area contributed by atoms with Crippen LogP contribution in [-0.2, 0) is 9.53 Å². The molecule has 0 saturated heterocycles. The lowest BCUT2D eigenvalue weighted by Gasteiger charge is -2.23. The molecule has 0 fully saturated rings. The minimum Gasteiger partial charge on any atom is -0.490 e. The zero-order valence-electron chi connectivity index (χ0n) is 25.0. The first-order chi connectivity index (χ1) is 20.2. The molecule has 0 unspecified atom stereocenters. The van der Waals surface area contributed by atoms with E-state index in [9.17, 15) is 9.59 Å². The molecule has 1 atom stereocenters. The molecule has 1 aliphatic heterocycles. The highest BCUT2D eigenvalue weighted by Crippen LogP contribution is 2.35. The summed E-state index contributed by atoms with van der Waals surface area (Å²) in [5, 5.41) is 0. The van der Waals surface area contributed by atoms with Crippen LogP contribution in [0.2, 0.25) is 0 Å². The second-order valence-corrected chi connectivity index (χ2v) is 11.2. The lowest BCUT2D eigenvalue weighted by molar-refractivity contribution is -0.136. The Bertz CT molecular complexity index is 1890. The number of methoxy groups -OCH3 is 1. The fourth-order valence-corrected chi connectivity index (χ4v) is 6.28. The molecule has 2 aromatic heterocycles. The van der Waals surface area contributed by atoms with Gasteiger partial charge < -0.3 is 18.8 Å². The van der Waals surface area contributed by atoms with Gasteiger partial charge in [-0.3, -0.25) is 9.36 Å². The topological polar surface area (TPSA) is 84.0 Å². The molecule has 0 saturated carbocycles. The van der Waals surface area contributed by atoms with E-state index in [-0.39, 0.29) is 11.1 Å². The molecule has 1 aliphatic rings. The minimum absolute atomic E-state index is 0.235. The van der Waals surface area contributed by atoms with Gasteiger partial charge in [-0.15, -0.1) is 0 Å². The molecule has 0 radical (unpaired) electrons. The number of benzene rings is 2. The maximum atomic E-state index is 14.0. The Balaban J connectivity index is 1.66. The standard InChI is InChI=1S/C33H35N3O5S/c1-8-40-27-13-11-23(16-28(27)41-9-2)30-26(32(38)39-7)18-34-33-36(30)31(37)29(42-33)17-24-15-21(5)35(22(24)6)25-12-10-19(3)20(4)14-25/h10-18,30H,8-9H2,1-7H3/b29-17-/t30-/m1/s1. The number of carbonyl (C=O) groups is 1. The smallest absolute Gasteiger partial charge is 0.337 e. The van der Waals surface area contributed by atoms with Crippen LogP contribution in [0, 0.1) is 27.7 Å². The highest BCUT2D eigenvalue weighted by Gasteiger charge is 2.31. The van der Waals surface area contributed by atoms with E-state index in [1.54, 1.807) is 10.6 Å². The van der Waals surface area contributed by atoms with Gasteiger partial charge in [-0.25, -0.2) is 9.79 Å². The third-order valence-corrected chi connectivity index (χ3v) is 8.51. The monoisotopic (exact) mass is 585 g/mol. The number of aromatic nitrogens is 2. The summed E-state index contributed by atoms with van der Waals surface area (Å²) in [6.45, 7) is 13.0. The number of carbonyl (C=O) groups excluding carboxylic acids is 1. The fraction of sp³-hybridized carbons (Fsp3) is 0.303. The highest BCUT2D eigenvalue weighted by atomic mass is 32.1. The summed E-state index contributed by atoms with van der Waals surface area (Å²) in [7, 11) is 1.32. The van der Waals surface area contributed by atoms with E-state index in [2.05, 4.69) is 61.5 Å². The van der Waals surface area contributed by atoms with Gasteiger partial charge >= 0.3 is 5.97 Å². The van der Waals surface area contributed by atoms with E-state index < -0.39 is 12.0 Å². The van der Waals surface area contributed by atoms with Crippen LogP contribution >= 0.6 is 11.3 Å². The SMILES string of the molecule is CCOc1ccc([C@@H]2C(C(=O)OC)=CN=c3s/c(=C\c4cc(C)n(-c5ccc(C)c(C)c5)c4C)c(=O)n32)cc1OCC. The van der Waals surface area contributed by atoms with Crippen LogP contribution in [-0.4, -0.2) is 35.4 Å². The summed E-state index contributed by atoms with van der Waals surface area (Å²) in [5.74, 6) is 0.582. The van der Waals surface area contributed by atoms with Crippen LogP contribution < -0.4 is 24.4 Å². The first-order valence-corrected chi connectivity index (χ1v) is 14.8. The van der Waals surface area contributed by atoms with Crippen LogP contribution in [0.15, 0.2) is 64.0 Å². The number of thiazole rings is 1. The van der Waals surface area contributed by atoms with Crippen molar-refractivity contribution in [2.24, 2.45) is 4.99 Å². The molecular weight excluding hydrogens is 550 g/mol. The van der Waals surface area contributed by atoms with Gasteiger partial charge in [0.1, 0.15) is 0 Å². The molecule has 9 heteroatoms. The number of ether oxygens (including phenoxy) is 3. The molecular formula is C33H35N3O5S. The second kappa shape index (κ2) is 11.9. The van der Waals surface area contributed by atoms with Crippen molar-refractivity contribution in [1.82, 2.24) is 9.13 Å². The third-order valence-electron chi connectivity index (χ3n) is 7.51. The van der Waals surface area contributed by atoms with Crippen molar-refractivity contribution < 1.29 is 19.0 Å². The third kappa shape index (κ3) is 5.20. The van der Waals surface area contributed by atoms with Gasteiger partial charge in [-0.1, -0.05) is 23.5 Å². The normalized spacial score (nSPS) is 14.7. The van der Waals surface area contributed by atoms with Crippen LogP contribution in [0.25, 0.3) is 11.8 Å². The van der Waals surface area contributed by atoms with E-state index in [0.29, 0.717) is 39.6 Å². The molecule has 8 nitrogen and oxygen atoms in total. The predicted octanol–water partition coefficient (Wildman–Crippen LogP) is 4.84. The molecule has 3 heterocycles. The lowest BCUT2D eigenvalue weighted by Crippen LogP contribution is -2.39. The van der Waals surface area contributed by atoms with Gasteiger partial charge in [0.15, 0.2) is 16.3 Å². The largest absolute Gasteiger partial charge is 0.490 e. The second-order valence-electron chi connectivity index (χ2n) is 10.2. The molecule has 2 aromatic carbocycles. The number of aryl methyl sites for hydroxylation is 3. The molecule has 0 amide bonds. The Morgan fingerprint density at radius 2 is 1.71 bits per heavy atom. The first-order valence-electron chi connectivity index (χ1n) is 13.9. The first kappa shape index (κ1) is 29.1. The van der Waals surface area contributed by atoms with Gasteiger partial charge in [-0.2, -0.15) is 0 Å². The summed E-state index contributed by atoms with van der Waals surface area (Å²) in [6.07, 6.45) is 3.40. The van der Waals surface area contributed by atoms with E-state index in [1.165, 1.54) is 35.8 Å². The van der Waals surface area contributed by atoms with Crippen molar-refractivity contribution in [2.45, 2.75) is 47.6 Å². The maximum Gasteiger partial charge on any atom is 0.337 e. The van der Waals surface area contributed by atoms with E-state index in [1.807, 2.05) is 32.1 Å². The van der Waals surface area contributed by atoms with Crippen molar-refractivity contribution in [3.05, 3.63) is 108 Å². The molecule has 218 valence electrons. The quantitative estimate of drug-likeness (QED) is 0.277. The van der Waals surface area contributed by atoms with Gasteiger partial charge in [0.05, 0.1) is 36.5 Å². The Kier molecular flexibility index (Phi) is 8.22. The van der Waals surface area contributed by atoms with Crippen LogP contribution in [0.4, 0.5) is 0 Å². The van der Waals surface area contributed by atoms with Crippen LogP contribution in [0.1, 0.15) is 53.5 Å². The summed E-state index contributed by atoms with van der Waals surface area (Å²) >= 11 is 1.29. The number of nitrogens with zero attached hydrogens (tertiary/aromatic N) is 3. The molecule has 0 aliphatic carbocycles. The van der Waals surface area contributed by atoms with Crippen molar-refractivity contribution in [3.63, 3.8) is 0 Å². The van der Waals surface area contributed by atoms with Crippen molar-refractivity contribution >= 4 is 23.4 Å². The van der Waals surface area contributed by atoms with E-state index in [0.717, 1.165) is 22.6 Å². The van der Waals surface area contributed by atoms with E-state index >= 15 is 0 Å². The minimum atomic E-state index is -0.742. The molecule has 0 bridgehead atoms. The summed E-state index contributed by atoms with van der Waals surface area (Å²) in [5.41, 5.74) is 7.30.